The Kier molecular flexibility index (Phi) is 14.6. The van der Waals surface area contributed by atoms with E-state index in [1.807, 2.05) is 34.7 Å². The number of nitrogens with one attached hydrogen (secondary N) is 2. The van der Waals surface area contributed by atoms with Crippen molar-refractivity contribution in [3.8, 4) is 0 Å². The van der Waals surface area contributed by atoms with Crippen LogP contribution in [0.25, 0.3) is 0 Å². The first-order valence-corrected chi connectivity index (χ1v) is 16.2. The third kappa shape index (κ3) is 10.2. The van der Waals surface area contributed by atoms with Crippen molar-refractivity contribution in [2.24, 2.45) is 5.92 Å². The molecule has 3 N–H and O–H groups in total. The van der Waals surface area contributed by atoms with Gasteiger partial charge in [0.15, 0.2) is 5.69 Å². The summed E-state index contributed by atoms with van der Waals surface area (Å²) in [6, 6.07) is -1.56. The molecule has 1 aliphatic heterocycles. The molecule has 0 bridgehead atoms. The van der Waals surface area contributed by atoms with E-state index in [0.29, 0.717) is 11.6 Å². The molecule has 0 aromatic carbocycles. The summed E-state index contributed by atoms with van der Waals surface area (Å²) in [5.74, 6) is -1.76. The second kappa shape index (κ2) is 17.4. The highest BCUT2D eigenvalue weighted by atomic mass is 32.1. The second-order valence-electron chi connectivity index (χ2n) is 11.7. The molecule has 2 heterocycles. The van der Waals surface area contributed by atoms with Gasteiger partial charge in [-0.1, -0.05) is 58.4 Å². The lowest BCUT2D eigenvalue weighted by molar-refractivity contribution is -0.138. The van der Waals surface area contributed by atoms with Gasteiger partial charge in [-0.25, -0.2) is 9.78 Å². The standard InChI is InChI=1S/C31H51N5O5S/c1-8-10-11-13-17-36(30(39)27(21(5)9-2)34-28(38)25-15-12-14-16-35(25)7)26(20(3)4)18-23(32-22(6)37)29-33-24(19-42-29)31(40)41/h19,21,23,25,27H,8-18H2,1-7H3,(H,32,37)(H,34,38)(H,40,41)/t21-,23+,25+,27-/m0/s1. The van der Waals surface area contributed by atoms with Crippen molar-refractivity contribution in [3.05, 3.63) is 27.4 Å². The number of thiazole rings is 1. The van der Waals surface area contributed by atoms with Crippen LogP contribution in [0.15, 0.2) is 16.7 Å². The lowest BCUT2D eigenvalue weighted by Crippen LogP contribution is -2.56. The van der Waals surface area contributed by atoms with E-state index in [0.717, 1.165) is 69.2 Å². The monoisotopic (exact) mass is 605 g/mol. The molecule has 0 unspecified atom stereocenters. The number of hydrogen-bond acceptors (Lipinski definition) is 7. The maximum atomic E-state index is 14.5. The fourth-order valence-corrected chi connectivity index (χ4v) is 6.19. The number of likely N-dealkylation sites (tertiary alicyclic amines) is 1. The second-order valence-corrected chi connectivity index (χ2v) is 12.6. The number of allylic oxidation sites excluding steroid dienone is 1. The third-order valence-electron chi connectivity index (χ3n) is 8.07. The van der Waals surface area contributed by atoms with E-state index in [9.17, 15) is 24.3 Å². The number of carboxylic acid groups (broad SMARTS) is 1. The molecule has 1 saturated heterocycles. The number of likely N-dealkylation sites (N-methyl/N-ethyl adjacent to an activating group) is 1. The minimum atomic E-state index is -1.13. The summed E-state index contributed by atoms with van der Waals surface area (Å²) < 4.78 is 0. The van der Waals surface area contributed by atoms with Gasteiger partial charge in [0.1, 0.15) is 11.0 Å². The van der Waals surface area contributed by atoms with Crippen LogP contribution in [-0.2, 0) is 14.4 Å². The summed E-state index contributed by atoms with van der Waals surface area (Å²) in [5.41, 5.74) is 1.58. The summed E-state index contributed by atoms with van der Waals surface area (Å²) in [6.45, 7) is 12.8. The first kappa shape index (κ1) is 35.4. The SMILES string of the molecule is CCCCCCN(C(=O)[C@@H](NC(=O)[C@H]1CCCCN1C)[C@@H](C)CC)C(C[C@@H](NC(C)=O)c1nc(C(=O)O)cs1)=C(C)C. The maximum absolute atomic E-state index is 14.5. The minimum Gasteiger partial charge on any atom is -0.476 e. The number of hydrogen-bond donors (Lipinski definition) is 3. The zero-order valence-corrected chi connectivity index (χ0v) is 27.3. The van der Waals surface area contributed by atoms with E-state index in [1.54, 1.807) is 4.90 Å². The van der Waals surface area contributed by atoms with Gasteiger partial charge in [-0.05, 0) is 52.6 Å². The topological polar surface area (TPSA) is 132 Å². The highest BCUT2D eigenvalue weighted by Gasteiger charge is 2.36. The molecule has 2 rings (SSSR count). The summed E-state index contributed by atoms with van der Waals surface area (Å²) in [4.78, 5) is 59.8. The van der Waals surface area contributed by atoms with E-state index in [-0.39, 0.29) is 41.8 Å². The van der Waals surface area contributed by atoms with Gasteiger partial charge in [0.25, 0.3) is 0 Å². The Morgan fingerprint density at radius 2 is 1.83 bits per heavy atom. The van der Waals surface area contributed by atoms with Gasteiger partial charge in [0.2, 0.25) is 17.7 Å². The van der Waals surface area contributed by atoms with E-state index in [1.165, 1.54) is 23.6 Å². The molecule has 4 atom stereocenters. The molecular formula is C31H51N5O5S. The number of aromatic nitrogens is 1. The Balaban J connectivity index is 2.46. The first-order valence-electron chi connectivity index (χ1n) is 15.3. The molecule has 10 nitrogen and oxygen atoms in total. The van der Waals surface area contributed by atoms with Crippen LogP contribution >= 0.6 is 11.3 Å². The van der Waals surface area contributed by atoms with Gasteiger partial charge in [-0.2, -0.15) is 0 Å². The molecule has 3 amide bonds. The minimum absolute atomic E-state index is 0.0798. The number of nitrogens with zero attached hydrogens (tertiary/aromatic N) is 3. The number of carbonyl (C=O) groups is 4. The van der Waals surface area contributed by atoms with Crippen molar-refractivity contribution in [1.82, 2.24) is 25.4 Å². The fraction of sp³-hybridized carbons (Fsp3) is 0.710. The molecule has 0 aliphatic carbocycles. The van der Waals surface area contributed by atoms with Gasteiger partial charge in [0, 0.05) is 31.0 Å². The average molecular weight is 606 g/mol. The Labute approximate surface area is 255 Å². The smallest absolute Gasteiger partial charge is 0.355 e. The molecule has 11 heteroatoms. The van der Waals surface area contributed by atoms with Crippen LogP contribution < -0.4 is 10.6 Å². The maximum Gasteiger partial charge on any atom is 0.355 e. The molecule has 236 valence electrons. The third-order valence-corrected chi connectivity index (χ3v) is 9.03. The molecule has 0 radical (unpaired) electrons. The molecule has 1 fully saturated rings. The van der Waals surface area contributed by atoms with Crippen molar-refractivity contribution in [3.63, 3.8) is 0 Å². The number of amides is 3. The van der Waals surface area contributed by atoms with Crippen molar-refractivity contribution in [2.75, 3.05) is 20.1 Å². The molecule has 1 aliphatic rings. The Morgan fingerprint density at radius 3 is 2.38 bits per heavy atom. The van der Waals surface area contributed by atoms with E-state index >= 15 is 0 Å². The molecule has 0 spiro atoms. The number of unbranched alkanes of at least 4 members (excludes halogenated alkanes) is 3. The van der Waals surface area contributed by atoms with Crippen LogP contribution in [0.1, 0.15) is 121 Å². The number of carboxylic acids is 1. The van der Waals surface area contributed by atoms with Gasteiger partial charge in [-0.15, -0.1) is 11.3 Å². The number of rotatable bonds is 16. The average Bonchev–Trinajstić information content (AvgIpc) is 3.44. The quantitative estimate of drug-likeness (QED) is 0.223. The predicted octanol–water partition coefficient (Wildman–Crippen LogP) is 5.13. The van der Waals surface area contributed by atoms with Crippen LogP contribution in [0.2, 0.25) is 0 Å². The van der Waals surface area contributed by atoms with E-state index in [2.05, 4.69) is 27.4 Å². The van der Waals surface area contributed by atoms with Crippen molar-refractivity contribution >= 4 is 35.0 Å². The Hall–Kier alpha value is -2.79. The van der Waals surface area contributed by atoms with Crippen LogP contribution in [0.3, 0.4) is 0 Å². The molecular weight excluding hydrogens is 554 g/mol. The molecule has 0 saturated carbocycles. The van der Waals surface area contributed by atoms with Gasteiger partial charge in [0.05, 0.1) is 12.1 Å². The summed E-state index contributed by atoms with van der Waals surface area (Å²) >= 11 is 1.17. The van der Waals surface area contributed by atoms with E-state index < -0.39 is 18.1 Å². The molecule has 1 aromatic rings. The number of aromatic carboxylic acids is 1. The normalized spacial score (nSPS) is 17.5. The fourth-order valence-electron chi connectivity index (χ4n) is 5.35. The predicted molar refractivity (Wildman–Crippen MR) is 166 cm³/mol. The van der Waals surface area contributed by atoms with E-state index in [4.69, 9.17) is 0 Å². The lowest BCUT2D eigenvalue weighted by atomic mass is 9.95. The van der Waals surface area contributed by atoms with Crippen molar-refractivity contribution in [1.29, 1.82) is 0 Å². The van der Waals surface area contributed by atoms with Crippen molar-refractivity contribution in [2.45, 2.75) is 117 Å². The number of carbonyl (C=O) groups excluding carboxylic acids is 3. The van der Waals surface area contributed by atoms with Crippen LogP contribution in [0, 0.1) is 5.92 Å². The summed E-state index contributed by atoms with van der Waals surface area (Å²) in [5, 5.41) is 17.4. The van der Waals surface area contributed by atoms with Gasteiger partial charge >= 0.3 is 5.97 Å². The van der Waals surface area contributed by atoms with Gasteiger partial charge < -0.3 is 20.6 Å². The highest BCUT2D eigenvalue weighted by molar-refractivity contribution is 7.09. The number of piperidine rings is 1. The zero-order valence-electron chi connectivity index (χ0n) is 26.5. The van der Waals surface area contributed by atoms with Crippen LogP contribution in [-0.4, -0.2) is 75.8 Å². The van der Waals surface area contributed by atoms with Gasteiger partial charge in [-0.3, -0.25) is 19.3 Å². The lowest BCUT2D eigenvalue weighted by Gasteiger charge is -2.36. The van der Waals surface area contributed by atoms with Crippen LogP contribution in [0.4, 0.5) is 0 Å². The molecule has 42 heavy (non-hydrogen) atoms. The van der Waals surface area contributed by atoms with Crippen LogP contribution in [0.5, 0.6) is 0 Å². The highest BCUT2D eigenvalue weighted by Crippen LogP contribution is 2.30. The summed E-state index contributed by atoms with van der Waals surface area (Å²) in [6.07, 6.45) is 7.68. The molecule has 1 aromatic heterocycles. The summed E-state index contributed by atoms with van der Waals surface area (Å²) in [7, 11) is 1.96. The van der Waals surface area contributed by atoms with Crippen molar-refractivity contribution < 1.29 is 24.3 Å². The zero-order chi connectivity index (χ0) is 31.4. The first-order chi connectivity index (χ1) is 19.9. The Bertz CT molecular complexity index is 1100. The largest absolute Gasteiger partial charge is 0.476 e. The Morgan fingerprint density at radius 1 is 1.12 bits per heavy atom.